The smallest absolute Gasteiger partial charge is 0.112 e. The van der Waals surface area contributed by atoms with Crippen molar-refractivity contribution in [1.82, 2.24) is 9.78 Å². The van der Waals surface area contributed by atoms with Gasteiger partial charge in [0.25, 0.3) is 0 Å². The second-order valence-corrected chi connectivity index (χ2v) is 8.96. The predicted octanol–water partition coefficient (Wildman–Crippen LogP) is 4.22. The molecular formula is C19H27N3O. The van der Waals surface area contributed by atoms with Crippen LogP contribution in [0.15, 0.2) is 17.5 Å². The van der Waals surface area contributed by atoms with E-state index >= 15 is 0 Å². The van der Waals surface area contributed by atoms with Gasteiger partial charge in [0.2, 0.25) is 0 Å². The van der Waals surface area contributed by atoms with Gasteiger partial charge in [0.15, 0.2) is 0 Å². The van der Waals surface area contributed by atoms with Crippen molar-refractivity contribution >= 4 is 0 Å². The molecule has 1 heterocycles. The van der Waals surface area contributed by atoms with Gasteiger partial charge in [0.05, 0.1) is 22.9 Å². The lowest BCUT2D eigenvalue weighted by Gasteiger charge is -2.51. The van der Waals surface area contributed by atoms with Crippen LogP contribution in [-0.4, -0.2) is 14.9 Å². The van der Waals surface area contributed by atoms with Gasteiger partial charge in [0.1, 0.15) is 5.76 Å². The van der Waals surface area contributed by atoms with Crippen molar-refractivity contribution in [3.05, 3.63) is 28.8 Å². The molecule has 0 fully saturated rings. The third-order valence-electron chi connectivity index (χ3n) is 5.94. The van der Waals surface area contributed by atoms with Crippen molar-refractivity contribution in [2.75, 3.05) is 0 Å². The molecule has 0 radical (unpaired) electrons. The summed E-state index contributed by atoms with van der Waals surface area (Å²) >= 11 is 0. The van der Waals surface area contributed by atoms with E-state index in [4.69, 9.17) is 5.10 Å². The molecule has 2 atom stereocenters. The molecule has 2 aliphatic carbocycles. The second-order valence-electron chi connectivity index (χ2n) is 8.96. The fourth-order valence-electron chi connectivity index (χ4n) is 4.66. The zero-order valence-electron chi connectivity index (χ0n) is 15.1. The molecule has 4 nitrogen and oxygen atoms in total. The molecule has 0 spiro atoms. The predicted molar refractivity (Wildman–Crippen MR) is 90.1 cm³/mol. The van der Waals surface area contributed by atoms with E-state index in [1.165, 1.54) is 5.56 Å². The Morgan fingerprint density at radius 1 is 1.35 bits per heavy atom. The fraction of sp³-hybridized carbons (Fsp3) is 0.684. The minimum atomic E-state index is -0.388. The summed E-state index contributed by atoms with van der Waals surface area (Å²) in [7, 11) is 0. The van der Waals surface area contributed by atoms with Crippen molar-refractivity contribution in [2.24, 2.45) is 11.3 Å². The Bertz CT molecular complexity index is 727. The number of aromatic nitrogens is 2. The number of hydrogen-bond donors (Lipinski definition) is 1. The van der Waals surface area contributed by atoms with Crippen molar-refractivity contribution < 1.29 is 5.11 Å². The van der Waals surface area contributed by atoms with Crippen LogP contribution >= 0.6 is 0 Å². The molecule has 124 valence electrons. The monoisotopic (exact) mass is 313 g/mol. The van der Waals surface area contributed by atoms with Crippen LogP contribution in [0.3, 0.4) is 0 Å². The first kappa shape index (κ1) is 16.1. The van der Waals surface area contributed by atoms with E-state index in [1.54, 1.807) is 0 Å². The van der Waals surface area contributed by atoms with Crippen LogP contribution in [-0.2, 0) is 17.4 Å². The summed E-state index contributed by atoms with van der Waals surface area (Å²) in [6, 6.07) is 2.23. The van der Waals surface area contributed by atoms with Gasteiger partial charge in [-0.15, -0.1) is 0 Å². The van der Waals surface area contributed by atoms with E-state index < -0.39 is 0 Å². The third-order valence-corrected chi connectivity index (χ3v) is 5.94. The Labute approximate surface area is 138 Å². The first-order valence-corrected chi connectivity index (χ1v) is 8.44. The largest absolute Gasteiger partial charge is 0.511 e. The van der Waals surface area contributed by atoms with E-state index in [9.17, 15) is 10.4 Å². The Kier molecular flexibility index (Phi) is 3.24. The molecule has 1 N–H and O–H groups in total. The summed E-state index contributed by atoms with van der Waals surface area (Å²) in [6.45, 7) is 12.8. The molecule has 0 amide bonds. The molecule has 1 aromatic heterocycles. The molecular weight excluding hydrogens is 286 g/mol. The van der Waals surface area contributed by atoms with Crippen LogP contribution < -0.4 is 0 Å². The molecule has 1 aromatic rings. The zero-order chi connectivity index (χ0) is 17.2. The average Bonchev–Trinajstić information content (AvgIpc) is 2.88. The summed E-state index contributed by atoms with van der Waals surface area (Å²) < 4.78 is 2.06. The van der Waals surface area contributed by atoms with Crippen molar-refractivity contribution in [2.45, 2.75) is 71.8 Å². The molecule has 3 rings (SSSR count). The number of aliphatic hydroxyl groups is 1. The molecule has 0 aromatic carbocycles. The number of aliphatic hydroxyl groups excluding tert-OH is 1. The maximum absolute atomic E-state index is 10.6. The second kappa shape index (κ2) is 4.63. The SMILES string of the molecule is CC1(C)C(O)=C(C#N)C[C@]2(C)c3nn(C(C)(C)C)cc3CC[C@@H]12. The van der Waals surface area contributed by atoms with E-state index in [0.717, 1.165) is 18.5 Å². The van der Waals surface area contributed by atoms with Crippen LogP contribution in [0.5, 0.6) is 0 Å². The highest BCUT2D eigenvalue weighted by molar-refractivity contribution is 5.42. The standard InChI is InChI=1S/C19H27N3O/c1-17(2,3)22-11-12-7-8-14-18(4,5)16(23)13(10-20)9-19(14,6)15(12)21-22/h11,14,23H,7-9H2,1-6H3/t14-,19-/m0/s1. The highest BCUT2D eigenvalue weighted by atomic mass is 16.3. The van der Waals surface area contributed by atoms with Crippen LogP contribution in [0, 0.1) is 22.7 Å². The summed E-state index contributed by atoms with van der Waals surface area (Å²) in [5, 5.41) is 25.0. The molecule has 0 saturated carbocycles. The minimum absolute atomic E-state index is 0.0522. The van der Waals surface area contributed by atoms with Crippen molar-refractivity contribution in [3.63, 3.8) is 0 Å². The average molecular weight is 313 g/mol. The Balaban J connectivity index is 2.18. The van der Waals surface area contributed by atoms with Gasteiger partial charge >= 0.3 is 0 Å². The van der Waals surface area contributed by atoms with Gasteiger partial charge in [-0.3, -0.25) is 4.68 Å². The molecule has 23 heavy (non-hydrogen) atoms. The van der Waals surface area contributed by atoms with Crippen LogP contribution in [0.4, 0.5) is 0 Å². The topological polar surface area (TPSA) is 61.8 Å². The van der Waals surface area contributed by atoms with Crippen molar-refractivity contribution in [1.29, 1.82) is 5.26 Å². The lowest BCUT2D eigenvalue weighted by Crippen LogP contribution is -2.49. The molecule has 2 aliphatic rings. The van der Waals surface area contributed by atoms with Gasteiger partial charge in [-0.25, -0.2) is 0 Å². The maximum Gasteiger partial charge on any atom is 0.112 e. The van der Waals surface area contributed by atoms with Gasteiger partial charge < -0.3 is 5.11 Å². The summed E-state index contributed by atoms with van der Waals surface area (Å²) in [4.78, 5) is 0. The quantitative estimate of drug-likeness (QED) is 0.780. The van der Waals surface area contributed by atoms with E-state index in [2.05, 4.69) is 58.5 Å². The molecule has 0 saturated heterocycles. The van der Waals surface area contributed by atoms with E-state index in [-0.39, 0.29) is 22.1 Å². The zero-order valence-corrected chi connectivity index (χ0v) is 15.1. The molecule has 4 heteroatoms. The number of fused-ring (bicyclic) bond motifs is 3. The van der Waals surface area contributed by atoms with Gasteiger partial charge in [-0.2, -0.15) is 10.4 Å². The molecule has 0 bridgehead atoms. The third kappa shape index (κ3) is 2.13. The number of allylic oxidation sites excluding steroid dienone is 2. The first-order valence-electron chi connectivity index (χ1n) is 8.44. The Morgan fingerprint density at radius 3 is 2.57 bits per heavy atom. The molecule has 0 unspecified atom stereocenters. The first-order chi connectivity index (χ1) is 10.5. The minimum Gasteiger partial charge on any atom is -0.511 e. The molecule has 0 aliphatic heterocycles. The normalized spacial score (nSPS) is 29.7. The Hall–Kier alpha value is -1.76. The number of rotatable bonds is 0. The summed E-state index contributed by atoms with van der Waals surface area (Å²) in [5.41, 5.74) is 2.31. The highest BCUT2D eigenvalue weighted by Crippen LogP contribution is 2.57. The maximum atomic E-state index is 10.6. The van der Waals surface area contributed by atoms with Crippen LogP contribution in [0.2, 0.25) is 0 Å². The van der Waals surface area contributed by atoms with Gasteiger partial charge in [-0.05, 0) is 51.5 Å². The number of nitrogens with zero attached hydrogens (tertiary/aromatic N) is 3. The van der Waals surface area contributed by atoms with Crippen molar-refractivity contribution in [3.8, 4) is 6.07 Å². The number of aryl methyl sites for hydroxylation is 1. The Morgan fingerprint density at radius 2 is 2.00 bits per heavy atom. The fourth-order valence-corrected chi connectivity index (χ4v) is 4.66. The highest BCUT2D eigenvalue weighted by Gasteiger charge is 2.55. The van der Waals surface area contributed by atoms with Gasteiger partial charge in [-0.1, -0.05) is 20.8 Å². The van der Waals surface area contributed by atoms with E-state index in [1.807, 2.05) is 0 Å². The van der Waals surface area contributed by atoms with Gasteiger partial charge in [0, 0.05) is 17.0 Å². The summed E-state index contributed by atoms with van der Waals surface area (Å²) in [6.07, 6.45) is 4.77. The lowest BCUT2D eigenvalue weighted by molar-refractivity contribution is 0.0629. The van der Waals surface area contributed by atoms with E-state index in [0.29, 0.717) is 17.9 Å². The van der Waals surface area contributed by atoms with Crippen LogP contribution in [0.1, 0.15) is 65.6 Å². The lowest BCUT2D eigenvalue weighted by atomic mass is 9.52. The summed E-state index contributed by atoms with van der Waals surface area (Å²) in [5.74, 6) is 0.573. The van der Waals surface area contributed by atoms with Crippen LogP contribution in [0.25, 0.3) is 0 Å². The number of nitriles is 1. The number of hydrogen-bond acceptors (Lipinski definition) is 3.